The maximum Gasteiger partial charge on any atom is 0.326 e. The van der Waals surface area contributed by atoms with Crippen LogP contribution in [0.2, 0.25) is 0 Å². The molecule has 0 bridgehead atoms. The highest BCUT2D eigenvalue weighted by atomic mass is 16.4. The third-order valence-corrected chi connectivity index (χ3v) is 3.57. The van der Waals surface area contributed by atoms with Crippen molar-refractivity contribution in [3.05, 3.63) is 0 Å². The zero-order valence-electron chi connectivity index (χ0n) is 9.98. The number of carbonyl (C=O) groups is 2. The molecule has 0 aromatic rings. The van der Waals surface area contributed by atoms with Crippen LogP contribution >= 0.6 is 0 Å². The van der Waals surface area contributed by atoms with Crippen molar-refractivity contribution < 1.29 is 19.8 Å². The molecule has 2 unspecified atom stereocenters. The number of nitrogens with one attached hydrogen (secondary N) is 1. The summed E-state index contributed by atoms with van der Waals surface area (Å²) in [5.41, 5.74) is 5.19. The molecule has 0 aromatic carbocycles. The number of rotatable bonds is 5. The number of aliphatic hydroxyl groups excluding tert-OH is 1. The molecule has 3 atom stereocenters. The van der Waals surface area contributed by atoms with Crippen molar-refractivity contribution in [1.29, 1.82) is 0 Å². The van der Waals surface area contributed by atoms with Gasteiger partial charge in [0.2, 0.25) is 5.91 Å². The molecule has 0 heterocycles. The van der Waals surface area contributed by atoms with Gasteiger partial charge in [0.1, 0.15) is 6.04 Å². The van der Waals surface area contributed by atoms with E-state index >= 15 is 0 Å². The van der Waals surface area contributed by atoms with Gasteiger partial charge in [0.05, 0.1) is 5.41 Å². The maximum atomic E-state index is 12.0. The zero-order chi connectivity index (χ0) is 13.1. The van der Waals surface area contributed by atoms with Gasteiger partial charge in [0.15, 0.2) is 0 Å². The van der Waals surface area contributed by atoms with E-state index < -0.39 is 17.4 Å². The van der Waals surface area contributed by atoms with E-state index in [1.807, 2.05) is 0 Å². The fourth-order valence-corrected chi connectivity index (χ4v) is 2.18. The molecular weight excluding hydrogens is 224 g/mol. The van der Waals surface area contributed by atoms with Crippen LogP contribution in [0.25, 0.3) is 0 Å². The van der Waals surface area contributed by atoms with E-state index in [4.69, 9.17) is 15.9 Å². The summed E-state index contributed by atoms with van der Waals surface area (Å²) < 4.78 is 0. The monoisotopic (exact) mass is 244 g/mol. The molecule has 1 rings (SSSR count). The van der Waals surface area contributed by atoms with Gasteiger partial charge in [-0.3, -0.25) is 4.79 Å². The first-order chi connectivity index (χ1) is 7.91. The van der Waals surface area contributed by atoms with Crippen LogP contribution in [0.1, 0.15) is 32.6 Å². The van der Waals surface area contributed by atoms with Crippen molar-refractivity contribution in [2.24, 2.45) is 11.1 Å². The average Bonchev–Trinajstić information content (AvgIpc) is 2.59. The second-order valence-corrected chi connectivity index (χ2v) is 4.79. The van der Waals surface area contributed by atoms with E-state index in [2.05, 4.69) is 5.32 Å². The van der Waals surface area contributed by atoms with E-state index in [1.165, 1.54) is 0 Å². The molecule has 0 spiro atoms. The molecule has 1 amide bonds. The summed E-state index contributed by atoms with van der Waals surface area (Å²) in [4.78, 5) is 22.9. The van der Waals surface area contributed by atoms with Gasteiger partial charge < -0.3 is 21.3 Å². The number of aliphatic carboxylic acids is 1. The summed E-state index contributed by atoms with van der Waals surface area (Å²) in [7, 11) is 0. The molecule has 0 aliphatic heterocycles. The molecule has 17 heavy (non-hydrogen) atoms. The lowest BCUT2D eigenvalue weighted by Gasteiger charge is -2.29. The van der Waals surface area contributed by atoms with Crippen LogP contribution in [-0.4, -0.2) is 40.8 Å². The molecule has 1 saturated carbocycles. The van der Waals surface area contributed by atoms with Crippen molar-refractivity contribution in [2.45, 2.75) is 44.7 Å². The van der Waals surface area contributed by atoms with E-state index in [9.17, 15) is 9.59 Å². The fraction of sp³-hybridized carbons (Fsp3) is 0.818. The molecule has 1 aliphatic rings. The highest BCUT2D eigenvalue weighted by Gasteiger charge is 2.43. The Labute approximate surface area is 100 Å². The number of aliphatic hydroxyl groups is 1. The van der Waals surface area contributed by atoms with Crippen molar-refractivity contribution >= 4 is 11.9 Å². The number of amides is 1. The Morgan fingerprint density at radius 2 is 2.24 bits per heavy atom. The lowest BCUT2D eigenvalue weighted by molar-refractivity contribution is -0.144. The number of carboxylic acids is 1. The SMILES string of the molecule is CC1(C(=O)N[C@@H](CCO)C(=O)O)CCCC1N. The van der Waals surface area contributed by atoms with Gasteiger partial charge in [-0.2, -0.15) is 0 Å². The minimum Gasteiger partial charge on any atom is -0.480 e. The highest BCUT2D eigenvalue weighted by Crippen LogP contribution is 2.36. The Morgan fingerprint density at radius 3 is 2.65 bits per heavy atom. The Kier molecular flexibility index (Phi) is 4.47. The molecule has 6 heteroatoms. The second-order valence-electron chi connectivity index (χ2n) is 4.79. The van der Waals surface area contributed by atoms with Crippen LogP contribution < -0.4 is 11.1 Å². The quantitative estimate of drug-likeness (QED) is 0.518. The average molecular weight is 244 g/mol. The fourth-order valence-electron chi connectivity index (χ4n) is 2.18. The van der Waals surface area contributed by atoms with Crippen LogP contribution in [0.4, 0.5) is 0 Å². The number of nitrogens with two attached hydrogens (primary N) is 1. The third-order valence-electron chi connectivity index (χ3n) is 3.57. The van der Waals surface area contributed by atoms with Gasteiger partial charge in [-0.15, -0.1) is 0 Å². The van der Waals surface area contributed by atoms with Gasteiger partial charge in [-0.25, -0.2) is 4.79 Å². The van der Waals surface area contributed by atoms with Gasteiger partial charge in [0, 0.05) is 19.1 Å². The highest BCUT2D eigenvalue weighted by molar-refractivity contribution is 5.88. The van der Waals surface area contributed by atoms with E-state index in [1.54, 1.807) is 6.92 Å². The largest absolute Gasteiger partial charge is 0.480 e. The van der Waals surface area contributed by atoms with Crippen LogP contribution in [-0.2, 0) is 9.59 Å². The van der Waals surface area contributed by atoms with E-state index in [0.29, 0.717) is 6.42 Å². The zero-order valence-corrected chi connectivity index (χ0v) is 9.98. The number of carbonyl (C=O) groups excluding carboxylic acids is 1. The Hall–Kier alpha value is -1.14. The molecule has 1 aliphatic carbocycles. The second kappa shape index (κ2) is 5.46. The van der Waals surface area contributed by atoms with Gasteiger partial charge in [0.25, 0.3) is 0 Å². The molecular formula is C11H20N2O4. The predicted molar refractivity (Wildman–Crippen MR) is 61.2 cm³/mol. The Bertz CT molecular complexity index is 308. The first-order valence-electron chi connectivity index (χ1n) is 5.82. The van der Waals surface area contributed by atoms with Crippen LogP contribution in [0.5, 0.6) is 0 Å². The van der Waals surface area contributed by atoms with Crippen molar-refractivity contribution in [2.75, 3.05) is 6.61 Å². The van der Waals surface area contributed by atoms with E-state index in [-0.39, 0.29) is 25.0 Å². The molecule has 6 nitrogen and oxygen atoms in total. The Balaban J connectivity index is 2.66. The van der Waals surface area contributed by atoms with Gasteiger partial charge in [-0.05, 0) is 19.8 Å². The summed E-state index contributed by atoms with van der Waals surface area (Å²) in [5.74, 6) is -1.47. The van der Waals surface area contributed by atoms with Crippen molar-refractivity contribution in [1.82, 2.24) is 5.32 Å². The standard InChI is InChI=1S/C11H20N2O4/c1-11(5-2-3-8(11)12)10(17)13-7(4-6-14)9(15)16/h7-8,14H,2-6,12H2,1H3,(H,13,17)(H,15,16)/t7-,8?,11?/m0/s1. The summed E-state index contributed by atoms with van der Waals surface area (Å²) in [6.45, 7) is 1.48. The minimum atomic E-state index is -1.14. The van der Waals surface area contributed by atoms with Crippen LogP contribution in [0, 0.1) is 5.41 Å². The van der Waals surface area contributed by atoms with Gasteiger partial charge in [-0.1, -0.05) is 6.42 Å². The summed E-state index contributed by atoms with van der Waals surface area (Å²) in [6.07, 6.45) is 2.34. The molecule has 1 fully saturated rings. The smallest absolute Gasteiger partial charge is 0.326 e. The molecule has 0 aromatic heterocycles. The van der Waals surface area contributed by atoms with E-state index in [0.717, 1.165) is 12.8 Å². The lowest BCUT2D eigenvalue weighted by Crippen LogP contribution is -2.52. The number of hydrogen-bond donors (Lipinski definition) is 4. The lowest BCUT2D eigenvalue weighted by atomic mass is 9.84. The van der Waals surface area contributed by atoms with Crippen LogP contribution in [0.15, 0.2) is 0 Å². The molecule has 98 valence electrons. The first-order valence-corrected chi connectivity index (χ1v) is 5.82. The van der Waals surface area contributed by atoms with Crippen molar-refractivity contribution in [3.63, 3.8) is 0 Å². The van der Waals surface area contributed by atoms with Gasteiger partial charge >= 0.3 is 5.97 Å². The predicted octanol–water partition coefficient (Wildman–Crippen LogP) is -0.544. The number of carboxylic acid groups (broad SMARTS) is 1. The Morgan fingerprint density at radius 1 is 1.59 bits per heavy atom. The first kappa shape index (κ1) is 13.9. The normalized spacial score (nSPS) is 29.9. The minimum absolute atomic E-state index is 0.00634. The summed E-state index contributed by atoms with van der Waals surface area (Å²) in [6, 6.07) is -1.27. The molecule has 5 N–H and O–H groups in total. The summed E-state index contributed by atoms with van der Waals surface area (Å²) >= 11 is 0. The molecule has 0 radical (unpaired) electrons. The van der Waals surface area contributed by atoms with Crippen molar-refractivity contribution in [3.8, 4) is 0 Å². The topological polar surface area (TPSA) is 113 Å². The number of hydrogen-bond acceptors (Lipinski definition) is 4. The van der Waals surface area contributed by atoms with Crippen LogP contribution in [0.3, 0.4) is 0 Å². The summed E-state index contributed by atoms with van der Waals surface area (Å²) in [5, 5.41) is 20.1. The maximum absolute atomic E-state index is 12.0. The third kappa shape index (κ3) is 2.95. The molecule has 0 saturated heterocycles.